The number of aliphatic imine (C=N–C) groups is 1. The van der Waals surface area contributed by atoms with E-state index in [0.717, 1.165) is 39.3 Å². The van der Waals surface area contributed by atoms with Gasteiger partial charge in [0, 0.05) is 25.2 Å². The molecule has 0 aromatic carbocycles. The molecule has 120 valence electrons. The molecule has 0 aliphatic carbocycles. The summed E-state index contributed by atoms with van der Waals surface area (Å²) >= 11 is 0. The first-order chi connectivity index (χ1) is 8.92. The summed E-state index contributed by atoms with van der Waals surface area (Å²) in [6.45, 7) is 14.0. The Balaban J connectivity index is 0.00000361. The number of halogens is 1. The van der Waals surface area contributed by atoms with E-state index >= 15 is 0 Å². The largest absolute Gasteiger partial charge is 0.379 e. The Hall–Kier alpha value is -0.0800. The smallest absolute Gasteiger partial charge is 0.188 e. The Morgan fingerprint density at radius 1 is 1.35 bits per heavy atom. The SMILES string of the molecule is CC(C)CCNC(N)=NCC(C)(C)N1CCOCC1.I. The van der Waals surface area contributed by atoms with Gasteiger partial charge in [-0.25, -0.2) is 0 Å². The highest BCUT2D eigenvalue weighted by Crippen LogP contribution is 2.16. The lowest BCUT2D eigenvalue weighted by atomic mass is 10.0. The number of rotatable bonds is 6. The van der Waals surface area contributed by atoms with E-state index in [0.29, 0.717) is 18.4 Å². The van der Waals surface area contributed by atoms with Gasteiger partial charge in [0.2, 0.25) is 0 Å². The van der Waals surface area contributed by atoms with Crippen LogP contribution in [0.4, 0.5) is 0 Å². The maximum Gasteiger partial charge on any atom is 0.188 e. The number of morpholine rings is 1. The maximum atomic E-state index is 5.89. The molecule has 0 spiro atoms. The molecule has 1 rings (SSSR count). The van der Waals surface area contributed by atoms with Gasteiger partial charge in [0.05, 0.1) is 19.8 Å². The summed E-state index contributed by atoms with van der Waals surface area (Å²) < 4.78 is 5.38. The Morgan fingerprint density at radius 2 is 1.95 bits per heavy atom. The topological polar surface area (TPSA) is 62.9 Å². The highest BCUT2D eigenvalue weighted by molar-refractivity contribution is 14.0. The molecule has 0 unspecified atom stereocenters. The summed E-state index contributed by atoms with van der Waals surface area (Å²) in [7, 11) is 0. The zero-order valence-electron chi connectivity index (χ0n) is 13.3. The predicted molar refractivity (Wildman–Crippen MR) is 95.8 cm³/mol. The molecule has 6 heteroatoms. The maximum absolute atomic E-state index is 5.89. The summed E-state index contributed by atoms with van der Waals surface area (Å²) in [5, 5.41) is 3.17. The number of nitrogens with one attached hydrogen (secondary N) is 1. The number of hydrogen-bond donors (Lipinski definition) is 2. The van der Waals surface area contributed by atoms with Crippen LogP contribution in [0.2, 0.25) is 0 Å². The number of nitrogens with zero attached hydrogens (tertiary/aromatic N) is 2. The summed E-state index contributed by atoms with van der Waals surface area (Å²) in [5.74, 6) is 1.24. The van der Waals surface area contributed by atoms with E-state index in [2.05, 4.69) is 42.9 Å². The average molecular weight is 398 g/mol. The van der Waals surface area contributed by atoms with Gasteiger partial charge in [0.1, 0.15) is 0 Å². The second-order valence-corrected chi connectivity index (χ2v) is 6.22. The third-order valence-corrected chi connectivity index (χ3v) is 3.53. The van der Waals surface area contributed by atoms with Crippen molar-refractivity contribution >= 4 is 29.9 Å². The van der Waals surface area contributed by atoms with E-state index in [1.165, 1.54) is 0 Å². The molecule has 3 N–H and O–H groups in total. The molecule has 0 atom stereocenters. The van der Waals surface area contributed by atoms with Gasteiger partial charge >= 0.3 is 0 Å². The third kappa shape index (κ3) is 7.64. The summed E-state index contributed by atoms with van der Waals surface area (Å²) in [4.78, 5) is 6.89. The summed E-state index contributed by atoms with van der Waals surface area (Å²) in [5.41, 5.74) is 5.93. The Kier molecular flexibility index (Phi) is 9.74. The van der Waals surface area contributed by atoms with Gasteiger partial charge in [0.15, 0.2) is 5.96 Å². The molecular weight excluding hydrogens is 367 g/mol. The first-order valence-electron chi connectivity index (χ1n) is 7.28. The standard InChI is InChI=1S/C14H30N4O.HI/c1-12(2)5-6-16-13(15)17-11-14(3,4)18-7-9-19-10-8-18;/h12H,5-11H2,1-4H3,(H3,15,16,17);1H. The Morgan fingerprint density at radius 3 is 2.50 bits per heavy atom. The van der Waals surface area contributed by atoms with Crippen molar-refractivity contribution in [3.8, 4) is 0 Å². The van der Waals surface area contributed by atoms with E-state index in [1.54, 1.807) is 0 Å². The van der Waals surface area contributed by atoms with Crippen molar-refractivity contribution in [2.45, 2.75) is 39.7 Å². The minimum atomic E-state index is 0. The number of nitrogens with two attached hydrogens (primary N) is 1. The fraction of sp³-hybridized carbons (Fsp3) is 0.929. The van der Waals surface area contributed by atoms with Gasteiger partial charge in [-0.2, -0.15) is 0 Å². The van der Waals surface area contributed by atoms with Crippen LogP contribution in [-0.2, 0) is 4.74 Å². The third-order valence-electron chi connectivity index (χ3n) is 3.53. The molecule has 1 saturated heterocycles. The van der Waals surface area contributed by atoms with Crippen molar-refractivity contribution < 1.29 is 4.74 Å². The van der Waals surface area contributed by atoms with E-state index < -0.39 is 0 Å². The van der Waals surface area contributed by atoms with Crippen LogP contribution in [0.15, 0.2) is 4.99 Å². The highest BCUT2D eigenvalue weighted by atomic mass is 127. The second-order valence-electron chi connectivity index (χ2n) is 6.22. The number of guanidine groups is 1. The van der Waals surface area contributed by atoms with Crippen molar-refractivity contribution in [1.82, 2.24) is 10.2 Å². The van der Waals surface area contributed by atoms with Crippen molar-refractivity contribution in [3.63, 3.8) is 0 Å². The molecular formula is C14H31IN4O. The quantitative estimate of drug-likeness (QED) is 0.406. The van der Waals surface area contributed by atoms with Crippen LogP contribution in [-0.4, -0.2) is 55.8 Å². The van der Waals surface area contributed by atoms with Gasteiger partial charge in [-0.15, -0.1) is 24.0 Å². The van der Waals surface area contributed by atoms with Gasteiger partial charge in [0.25, 0.3) is 0 Å². The molecule has 1 aliphatic heterocycles. The van der Waals surface area contributed by atoms with Crippen molar-refractivity contribution in [2.75, 3.05) is 39.4 Å². The minimum absolute atomic E-state index is 0. The van der Waals surface area contributed by atoms with Crippen LogP contribution in [0, 0.1) is 5.92 Å². The monoisotopic (exact) mass is 398 g/mol. The fourth-order valence-corrected chi connectivity index (χ4v) is 2.09. The average Bonchev–Trinajstić information content (AvgIpc) is 2.37. The zero-order chi connectivity index (χ0) is 14.3. The molecule has 1 aliphatic rings. The van der Waals surface area contributed by atoms with E-state index in [1.807, 2.05) is 0 Å². The van der Waals surface area contributed by atoms with Crippen LogP contribution < -0.4 is 11.1 Å². The molecule has 1 fully saturated rings. The molecule has 0 bridgehead atoms. The molecule has 20 heavy (non-hydrogen) atoms. The normalized spacial score (nSPS) is 17.9. The zero-order valence-corrected chi connectivity index (χ0v) is 15.6. The lowest BCUT2D eigenvalue weighted by Gasteiger charge is -2.39. The van der Waals surface area contributed by atoms with Gasteiger partial charge in [-0.1, -0.05) is 13.8 Å². The Bertz CT molecular complexity index is 289. The second kappa shape index (κ2) is 9.78. The summed E-state index contributed by atoms with van der Waals surface area (Å²) in [6.07, 6.45) is 1.11. The molecule has 0 saturated carbocycles. The number of ether oxygens (including phenoxy) is 1. The van der Waals surface area contributed by atoms with Crippen molar-refractivity contribution in [3.05, 3.63) is 0 Å². The first-order valence-corrected chi connectivity index (χ1v) is 7.28. The lowest BCUT2D eigenvalue weighted by Crippen LogP contribution is -2.52. The molecule has 0 amide bonds. The highest BCUT2D eigenvalue weighted by Gasteiger charge is 2.27. The van der Waals surface area contributed by atoms with Gasteiger partial charge in [-0.05, 0) is 26.2 Å². The van der Waals surface area contributed by atoms with Crippen LogP contribution in [0.1, 0.15) is 34.1 Å². The number of hydrogen-bond acceptors (Lipinski definition) is 3. The predicted octanol–water partition coefficient (Wildman–Crippen LogP) is 1.67. The van der Waals surface area contributed by atoms with E-state index in [9.17, 15) is 0 Å². The van der Waals surface area contributed by atoms with Crippen LogP contribution in [0.3, 0.4) is 0 Å². The summed E-state index contributed by atoms with van der Waals surface area (Å²) in [6, 6.07) is 0. The van der Waals surface area contributed by atoms with Crippen LogP contribution in [0.25, 0.3) is 0 Å². The van der Waals surface area contributed by atoms with Gasteiger partial charge < -0.3 is 15.8 Å². The van der Waals surface area contributed by atoms with Crippen molar-refractivity contribution in [2.24, 2.45) is 16.6 Å². The van der Waals surface area contributed by atoms with Gasteiger partial charge in [-0.3, -0.25) is 9.89 Å². The van der Waals surface area contributed by atoms with Crippen molar-refractivity contribution in [1.29, 1.82) is 0 Å². The molecule has 5 nitrogen and oxygen atoms in total. The lowest BCUT2D eigenvalue weighted by molar-refractivity contribution is -0.00682. The molecule has 1 heterocycles. The molecule has 0 aromatic heterocycles. The molecule has 0 radical (unpaired) electrons. The Labute approximate surface area is 140 Å². The van der Waals surface area contributed by atoms with E-state index in [-0.39, 0.29) is 29.5 Å². The minimum Gasteiger partial charge on any atom is -0.379 e. The fourth-order valence-electron chi connectivity index (χ4n) is 2.09. The van der Waals surface area contributed by atoms with E-state index in [4.69, 9.17) is 10.5 Å². The first kappa shape index (κ1) is 19.9. The van der Waals surface area contributed by atoms with Crippen LogP contribution >= 0.6 is 24.0 Å². The molecule has 0 aromatic rings. The van der Waals surface area contributed by atoms with Crippen LogP contribution in [0.5, 0.6) is 0 Å².